The van der Waals surface area contributed by atoms with Crippen molar-refractivity contribution in [1.29, 1.82) is 0 Å². The highest BCUT2D eigenvalue weighted by Crippen LogP contribution is 2.48. The van der Waals surface area contributed by atoms with E-state index in [0.29, 0.717) is 61.7 Å². The van der Waals surface area contributed by atoms with Crippen LogP contribution >= 0.6 is 58.1 Å². The molecule has 8 heterocycles. The van der Waals surface area contributed by atoms with Crippen LogP contribution in [0.25, 0.3) is 11.4 Å². The number of aliphatic hydroxyl groups is 1. The number of nitrogen functional groups attached to an aromatic ring is 1. The molecule has 4 aliphatic rings. The van der Waals surface area contributed by atoms with E-state index in [1.807, 2.05) is 62.7 Å². The second kappa shape index (κ2) is 40.9. The fourth-order valence-electron chi connectivity index (χ4n) is 13.7. The number of hydrogen-bond donors (Lipinski definition) is 7. The Morgan fingerprint density at radius 2 is 1.10 bits per heavy atom. The van der Waals surface area contributed by atoms with E-state index in [4.69, 9.17) is 50.9 Å². The monoisotopic (exact) mass is 1730 g/mol. The number of methoxy groups -OCH3 is 4. The number of aromatic nitrogens is 8. The number of nitrogens with zero attached hydrogens (tertiary/aromatic N) is 12. The summed E-state index contributed by atoms with van der Waals surface area (Å²) in [6.45, 7) is 25.2. The molecule has 5 aromatic carbocycles. The molecule has 0 amide bonds. The van der Waals surface area contributed by atoms with Gasteiger partial charge in [0, 0.05) is 92.1 Å². The van der Waals surface area contributed by atoms with Crippen molar-refractivity contribution in [2.24, 2.45) is 0 Å². The Balaban J connectivity index is 0.000000186. The molecule has 32 heteroatoms. The molecule has 111 heavy (non-hydrogen) atoms. The first-order valence-electron chi connectivity index (χ1n) is 37.4. The van der Waals surface area contributed by atoms with Gasteiger partial charge in [0.25, 0.3) is 10.1 Å². The number of aryl methyl sites for hydroxylation is 3. The summed E-state index contributed by atoms with van der Waals surface area (Å²) in [7, 11) is -2.49. The highest BCUT2D eigenvalue weighted by Gasteiger charge is 2.32. The molecule has 9 aromatic rings. The normalized spacial score (nSPS) is 15.3. The summed E-state index contributed by atoms with van der Waals surface area (Å²) in [6.07, 6.45) is 25.3. The topological polar surface area (TPSA) is 311 Å². The van der Waals surface area contributed by atoms with Crippen LogP contribution in [-0.4, -0.2) is 198 Å². The lowest BCUT2D eigenvalue weighted by molar-refractivity contribution is 0.141. The van der Waals surface area contributed by atoms with Gasteiger partial charge in [-0.15, -0.1) is 0 Å². The largest absolute Gasteiger partial charge is 0.495 e. The molecule has 0 atom stereocenters. The van der Waals surface area contributed by atoms with Crippen LogP contribution in [0.4, 0.5) is 51.7 Å². The van der Waals surface area contributed by atoms with E-state index in [0.717, 1.165) is 95.9 Å². The molecule has 0 spiro atoms. The fraction of sp³-hybridized carbons (Fsp3) is 0.443. The molecule has 0 radical (unpaired) electrons. The SMILES string of the molecule is CCCCO.COc1cc(N2CCC(N3CCCCC3)CC2)c(C)cc1N.COc1cnn(-c2ccc(Nc3nc(Cl)ncc3Br)c(P(C)(C)=O)c2)c1.COc1cnn(-c2ccc(Nc3nc(Nc4cc(C)c(N5CCC(N6CCCCC6)CC5)cc4OC)ncc3Br)c([P+](C)(C)O)c2)c1.Cc1ccc(S(=O)(=O)O)cc1. The van der Waals surface area contributed by atoms with E-state index in [-0.39, 0.29) is 10.2 Å². The summed E-state index contributed by atoms with van der Waals surface area (Å²) >= 11 is 12.9. The van der Waals surface area contributed by atoms with Gasteiger partial charge in [0.2, 0.25) is 11.2 Å². The van der Waals surface area contributed by atoms with Gasteiger partial charge in [-0.3, -0.25) is 4.55 Å². The Morgan fingerprint density at radius 3 is 1.57 bits per heavy atom. The minimum Gasteiger partial charge on any atom is -0.495 e. The van der Waals surface area contributed by atoms with Crippen LogP contribution in [0.15, 0.2) is 136 Å². The van der Waals surface area contributed by atoms with Crippen molar-refractivity contribution in [3.05, 3.63) is 153 Å². The molecule has 0 unspecified atom stereocenters. The number of halogens is 3. The highest BCUT2D eigenvalue weighted by molar-refractivity contribution is 9.11. The maximum atomic E-state index is 12.9. The molecule has 26 nitrogen and oxygen atoms in total. The van der Waals surface area contributed by atoms with Gasteiger partial charge in [-0.2, -0.15) is 28.6 Å². The predicted octanol–water partition coefficient (Wildman–Crippen LogP) is 15.6. The second-order valence-electron chi connectivity index (χ2n) is 28.6. The lowest BCUT2D eigenvalue weighted by Crippen LogP contribution is -2.46. The smallest absolute Gasteiger partial charge is 0.294 e. The van der Waals surface area contributed by atoms with Crippen LogP contribution < -0.4 is 61.0 Å². The Morgan fingerprint density at radius 1 is 0.613 bits per heavy atom. The number of rotatable bonds is 21. The van der Waals surface area contributed by atoms with Gasteiger partial charge < -0.3 is 69.9 Å². The van der Waals surface area contributed by atoms with Crippen LogP contribution in [0.1, 0.15) is 101 Å². The Kier molecular flexibility index (Phi) is 32.2. The van der Waals surface area contributed by atoms with Crippen molar-refractivity contribution < 1.29 is 46.5 Å². The van der Waals surface area contributed by atoms with Crippen molar-refractivity contribution in [3.63, 3.8) is 0 Å². The van der Waals surface area contributed by atoms with Crippen LogP contribution in [0.2, 0.25) is 5.28 Å². The summed E-state index contributed by atoms with van der Waals surface area (Å²) in [5.41, 5.74) is 16.4. The third-order valence-corrected chi connectivity index (χ3v) is 25.1. The van der Waals surface area contributed by atoms with Crippen molar-refractivity contribution in [2.75, 3.05) is 146 Å². The van der Waals surface area contributed by atoms with Gasteiger partial charge in [-0.1, -0.05) is 43.9 Å². The van der Waals surface area contributed by atoms with Crippen molar-refractivity contribution >= 4 is 131 Å². The lowest BCUT2D eigenvalue weighted by atomic mass is 9.98. The maximum Gasteiger partial charge on any atom is 0.294 e. The van der Waals surface area contributed by atoms with Gasteiger partial charge in [-0.05, 0) is 227 Å². The van der Waals surface area contributed by atoms with Gasteiger partial charge in [0.15, 0.2) is 24.8 Å². The van der Waals surface area contributed by atoms with Gasteiger partial charge >= 0.3 is 0 Å². The molecular weight excluding hydrogens is 1620 g/mol. The van der Waals surface area contributed by atoms with E-state index in [1.165, 1.54) is 125 Å². The highest BCUT2D eigenvalue weighted by atomic mass is 79.9. The number of benzene rings is 5. The molecule has 0 saturated carbocycles. The number of unbranched alkanes of at least 4 members (excludes halogenated alkanes) is 1. The van der Waals surface area contributed by atoms with Crippen molar-refractivity contribution in [3.8, 4) is 34.4 Å². The Hall–Kier alpha value is -7.66. The molecule has 600 valence electrons. The number of nitrogens with two attached hydrogens (primary N) is 1. The van der Waals surface area contributed by atoms with E-state index in [9.17, 15) is 17.9 Å². The molecule has 4 saturated heterocycles. The first-order valence-corrected chi connectivity index (χ1v) is 46.0. The standard InChI is InChI=1S/C34H45BrN8O3P.C18H29N3O.C16H16BrClN5O2P.C7H8O3S.C4H10O/c1-23-17-29(31(46-3)19-30(23)42-15-11-24(12-16-42)41-13-7-6-8-14-41)39-34-36-21-27(35)33(40-34)38-28-10-9-25(18-32(28)47(4,5)44)43-22-26(45-2)20-37-43;1-14-12-16(19)18(22-2)13-17(14)21-10-6-15(7-11-21)20-8-4-3-5-9-20;1-25-11-7-20-23(9-11)10-4-5-13(14(6-10)26(2,3)24)21-15-12(17)8-19-16(18)22-15;1-6-2-4-7(5-3-6)11(8,9)10;1-2-3-4-5/h9-10,17-22,24,44H,6-8,11-16H2,1-5H3,(H2,36,38,39,40);12-13,15H,3-11,19H2,1-2H3;4-9H,1-3H3,(H,19,21,22);2-5H,1H3,(H,8,9,10);5H,2-4H2,1H3/q+1;;;;. The molecular formula is C79H108Br2ClN16O10P2S+. The van der Waals surface area contributed by atoms with Gasteiger partial charge in [0.05, 0.1) is 115 Å². The molecule has 4 aliphatic heterocycles. The lowest BCUT2D eigenvalue weighted by Gasteiger charge is -2.41. The minimum absolute atomic E-state index is 0.0666. The van der Waals surface area contributed by atoms with E-state index in [1.54, 1.807) is 100 Å². The number of nitrogens with one attached hydrogen (secondary N) is 3. The Labute approximate surface area is 676 Å². The average Bonchev–Trinajstić information content (AvgIpc) is 1.72. The van der Waals surface area contributed by atoms with Gasteiger partial charge in [0.1, 0.15) is 29.8 Å². The molecule has 8 N–H and O–H groups in total. The summed E-state index contributed by atoms with van der Waals surface area (Å²) < 4.78 is 68.8. The van der Waals surface area contributed by atoms with Crippen LogP contribution in [-0.2, 0) is 14.7 Å². The third-order valence-electron chi connectivity index (χ3n) is 19.8. The number of anilines is 9. The van der Waals surface area contributed by atoms with E-state index < -0.39 is 24.7 Å². The summed E-state index contributed by atoms with van der Waals surface area (Å²) in [5.74, 6) is 4.31. The number of piperidine rings is 4. The van der Waals surface area contributed by atoms with E-state index >= 15 is 0 Å². The second-order valence-corrected chi connectivity index (χ2v) is 38.5. The predicted molar refractivity (Wildman–Crippen MR) is 458 cm³/mol. The van der Waals surface area contributed by atoms with Crippen molar-refractivity contribution in [1.82, 2.24) is 49.3 Å². The molecule has 0 aliphatic carbocycles. The maximum absolute atomic E-state index is 12.9. The molecule has 4 aromatic heterocycles. The minimum atomic E-state index is -4.02. The van der Waals surface area contributed by atoms with Crippen LogP contribution in [0.3, 0.4) is 0 Å². The summed E-state index contributed by atoms with van der Waals surface area (Å²) in [5, 5.41) is 28.3. The Bertz CT molecular complexity index is 4680. The first-order chi connectivity index (χ1) is 53.0. The van der Waals surface area contributed by atoms with Crippen molar-refractivity contribution in [2.45, 2.75) is 122 Å². The summed E-state index contributed by atoms with van der Waals surface area (Å²) in [6, 6.07) is 27.2. The number of ether oxygens (including phenoxy) is 4. The van der Waals surface area contributed by atoms with Gasteiger partial charge in [-0.25, -0.2) is 24.2 Å². The zero-order chi connectivity index (χ0) is 80.2. The zero-order valence-corrected chi connectivity index (χ0v) is 72.2. The van der Waals surface area contributed by atoms with Crippen LogP contribution in [0.5, 0.6) is 23.0 Å². The quantitative estimate of drug-likeness (QED) is 0.0152. The van der Waals surface area contributed by atoms with E-state index in [2.05, 4.69) is 132 Å². The number of aliphatic hydroxyl groups excluding tert-OH is 1. The first kappa shape index (κ1) is 87.3. The van der Waals surface area contributed by atoms with Crippen LogP contribution in [0, 0.1) is 20.8 Å². The number of hydrogen-bond acceptors (Lipinski definition) is 23. The third kappa shape index (κ3) is 24.7. The molecule has 4 fully saturated rings. The number of likely N-dealkylation sites (tertiary alicyclic amines) is 2. The fourth-order valence-corrected chi connectivity index (χ4v) is 17.3. The zero-order valence-electron chi connectivity index (χ0n) is 65.6. The molecule has 13 rings (SSSR count). The summed E-state index contributed by atoms with van der Waals surface area (Å²) in [4.78, 5) is 39.0. The average molecular weight is 1730 g/mol. The molecule has 0 bridgehead atoms.